The standard InChI is InChI=1S/C23H23N3O4S/c1-3-29-17-6-4-5-16(11-17)22(28)26-23-25-20(13-31-23)15-7-8-21-18(12-15)19(9-10-30-21)24-14(2)27/h4-8,11-13,19H,3,9-10H2,1-2H3,(H,24,27)(H,25,26,28). The number of carbonyl (C=O) groups is 2. The molecule has 31 heavy (non-hydrogen) atoms. The third-order valence-electron chi connectivity index (χ3n) is 4.85. The largest absolute Gasteiger partial charge is 0.494 e. The summed E-state index contributed by atoms with van der Waals surface area (Å²) in [6, 6.07) is 12.8. The molecule has 8 heteroatoms. The second-order valence-electron chi connectivity index (χ2n) is 7.10. The second kappa shape index (κ2) is 9.18. The summed E-state index contributed by atoms with van der Waals surface area (Å²) in [5, 5.41) is 8.22. The van der Waals surface area contributed by atoms with Crippen LogP contribution in [0.1, 0.15) is 42.2 Å². The maximum absolute atomic E-state index is 12.6. The van der Waals surface area contributed by atoms with Gasteiger partial charge in [0.25, 0.3) is 5.91 Å². The summed E-state index contributed by atoms with van der Waals surface area (Å²) in [4.78, 5) is 28.7. The quantitative estimate of drug-likeness (QED) is 0.596. The van der Waals surface area contributed by atoms with Crippen LogP contribution in [0, 0.1) is 0 Å². The van der Waals surface area contributed by atoms with Crippen LogP contribution in [-0.2, 0) is 4.79 Å². The molecule has 2 N–H and O–H groups in total. The maximum Gasteiger partial charge on any atom is 0.257 e. The zero-order valence-electron chi connectivity index (χ0n) is 17.3. The lowest BCUT2D eigenvalue weighted by molar-refractivity contribution is -0.119. The van der Waals surface area contributed by atoms with Crippen LogP contribution in [0.5, 0.6) is 11.5 Å². The minimum absolute atomic E-state index is 0.0738. The minimum atomic E-state index is -0.244. The normalized spacial score (nSPS) is 14.8. The van der Waals surface area contributed by atoms with E-state index in [1.807, 2.05) is 36.6 Å². The lowest BCUT2D eigenvalue weighted by Gasteiger charge is -2.26. The Balaban J connectivity index is 1.52. The fraction of sp³-hybridized carbons (Fsp3) is 0.261. The van der Waals surface area contributed by atoms with Gasteiger partial charge in [-0.25, -0.2) is 4.98 Å². The molecule has 3 aromatic rings. The van der Waals surface area contributed by atoms with Crippen molar-refractivity contribution in [1.82, 2.24) is 10.3 Å². The highest BCUT2D eigenvalue weighted by atomic mass is 32.1. The van der Waals surface area contributed by atoms with Crippen LogP contribution < -0.4 is 20.1 Å². The van der Waals surface area contributed by atoms with Crippen LogP contribution in [-0.4, -0.2) is 30.0 Å². The fourth-order valence-corrected chi connectivity index (χ4v) is 4.19. The van der Waals surface area contributed by atoms with E-state index in [9.17, 15) is 9.59 Å². The van der Waals surface area contributed by atoms with Crippen LogP contribution >= 0.6 is 11.3 Å². The number of carbonyl (C=O) groups excluding carboxylic acids is 2. The van der Waals surface area contributed by atoms with Crippen molar-refractivity contribution in [1.29, 1.82) is 0 Å². The van der Waals surface area contributed by atoms with Gasteiger partial charge in [0, 0.05) is 35.4 Å². The van der Waals surface area contributed by atoms with Gasteiger partial charge in [0.15, 0.2) is 5.13 Å². The van der Waals surface area contributed by atoms with Crippen molar-refractivity contribution in [3.8, 4) is 22.8 Å². The molecule has 1 atom stereocenters. The van der Waals surface area contributed by atoms with Crippen molar-refractivity contribution in [2.75, 3.05) is 18.5 Å². The molecule has 0 fully saturated rings. The van der Waals surface area contributed by atoms with Crippen LogP contribution in [0.25, 0.3) is 11.3 Å². The van der Waals surface area contributed by atoms with Gasteiger partial charge < -0.3 is 14.8 Å². The molecule has 1 unspecified atom stereocenters. The van der Waals surface area contributed by atoms with E-state index in [1.54, 1.807) is 18.2 Å². The number of hydrogen-bond acceptors (Lipinski definition) is 6. The first-order chi connectivity index (χ1) is 15.0. The number of rotatable bonds is 6. The SMILES string of the molecule is CCOc1cccc(C(=O)Nc2nc(-c3ccc4c(c3)C(NC(C)=O)CCO4)cs2)c1. The molecule has 0 saturated heterocycles. The lowest BCUT2D eigenvalue weighted by atomic mass is 9.97. The van der Waals surface area contributed by atoms with Crippen LogP contribution in [0.15, 0.2) is 47.8 Å². The average molecular weight is 438 g/mol. The van der Waals surface area contributed by atoms with Crippen molar-refractivity contribution in [3.63, 3.8) is 0 Å². The Morgan fingerprint density at radius 1 is 1.26 bits per heavy atom. The molecule has 4 rings (SSSR count). The van der Waals surface area contributed by atoms with Gasteiger partial charge in [-0.05, 0) is 43.3 Å². The lowest BCUT2D eigenvalue weighted by Crippen LogP contribution is -2.30. The third kappa shape index (κ3) is 4.86. The number of hydrogen-bond donors (Lipinski definition) is 2. The predicted molar refractivity (Wildman–Crippen MR) is 120 cm³/mol. The highest BCUT2D eigenvalue weighted by Crippen LogP contribution is 2.36. The molecule has 1 aliphatic heterocycles. The predicted octanol–water partition coefficient (Wildman–Crippen LogP) is 4.42. The Morgan fingerprint density at radius 3 is 2.94 bits per heavy atom. The molecule has 160 valence electrons. The van der Waals surface area contributed by atoms with Gasteiger partial charge in [0.2, 0.25) is 5.91 Å². The highest BCUT2D eigenvalue weighted by molar-refractivity contribution is 7.14. The topological polar surface area (TPSA) is 89.5 Å². The Kier molecular flexibility index (Phi) is 6.18. The second-order valence-corrected chi connectivity index (χ2v) is 7.95. The molecule has 1 aliphatic rings. The summed E-state index contributed by atoms with van der Waals surface area (Å²) in [5.74, 6) is 1.11. The summed E-state index contributed by atoms with van der Waals surface area (Å²) in [6.07, 6.45) is 0.717. The number of nitrogens with zero attached hydrogens (tertiary/aromatic N) is 1. The minimum Gasteiger partial charge on any atom is -0.494 e. The first-order valence-electron chi connectivity index (χ1n) is 10.1. The number of nitrogens with one attached hydrogen (secondary N) is 2. The summed E-state index contributed by atoms with van der Waals surface area (Å²) in [5.41, 5.74) is 3.09. The number of ether oxygens (including phenoxy) is 2. The van der Waals surface area contributed by atoms with E-state index in [4.69, 9.17) is 9.47 Å². The molecule has 0 radical (unpaired) electrons. The van der Waals surface area contributed by atoms with Crippen LogP contribution in [0.4, 0.5) is 5.13 Å². The zero-order chi connectivity index (χ0) is 21.8. The van der Waals surface area contributed by atoms with Crippen LogP contribution in [0.2, 0.25) is 0 Å². The molecule has 1 aromatic heterocycles. The van der Waals surface area contributed by atoms with E-state index in [0.717, 1.165) is 29.0 Å². The number of anilines is 1. The van der Waals surface area contributed by atoms with Gasteiger partial charge >= 0.3 is 0 Å². The number of thiazole rings is 1. The molecule has 0 saturated carbocycles. The van der Waals surface area contributed by atoms with Crippen LogP contribution in [0.3, 0.4) is 0 Å². The van der Waals surface area contributed by atoms with Gasteiger partial charge in [0.05, 0.1) is 24.9 Å². The van der Waals surface area contributed by atoms with Crippen molar-refractivity contribution < 1.29 is 19.1 Å². The van der Waals surface area contributed by atoms with Crippen molar-refractivity contribution in [2.45, 2.75) is 26.3 Å². The first kappa shape index (κ1) is 20.9. The highest BCUT2D eigenvalue weighted by Gasteiger charge is 2.23. The summed E-state index contributed by atoms with van der Waals surface area (Å²) < 4.78 is 11.2. The Morgan fingerprint density at radius 2 is 2.13 bits per heavy atom. The van der Waals surface area contributed by atoms with E-state index in [2.05, 4.69) is 15.6 Å². The van der Waals surface area contributed by atoms with Crippen molar-refractivity contribution in [3.05, 3.63) is 59.0 Å². The van der Waals surface area contributed by atoms with Gasteiger partial charge in [-0.15, -0.1) is 11.3 Å². The van der Waals surface area contributed by atoms with E-state index in [1.165, 1.54) is 18.3 Å². The van der Waals surface area contributed by atoms with Gasteiger partial charge in [-0.1, -0.05) is 6.07 Å². The molecule has 2 aromatic carbocycles. The smallest absolute Gasteiger partial charge is 0.257 e. The molecule has 0 aliphatic carbocycles. The molecule has 7 nitrogen and oxygen atoms in total. The van der Waals surface area contributed by atoms with E-state index < -0.39 is 0 Å². The molecule has 0 bridgehead atoms. The summed E-state index contributed by atoms with van der Waals surface area (Å²) in [7, 11) is 0. The Bertz CT molecular complexity index is 1110. The summed E-state index contributed by atoms with van der Waals surface area (Å²) in [6.45, 7) is 4.51. The monoisotopic (exact) mass is 437 g/mol. The Labute approximate surface area is 184 Å². The van der Waals surface area contributed by atoms with Gasteiger partial charge in [-0.3, -0.25) is 14.9 Å². The number of fused-ring (bicyclic) bond motifs is 1. The number of amides is 2. The average Bonchev–Trinajstić information content (AvgIpc) is 3.22. The molecule has 2 amide bonds. The van der Waals surface area contributed by atoms with Crippen molar-refractivity contribution in [2.24, 2.45) is 0 Å². The zero-order valence-corrected chi connectivity index (χ0v) is 18.1. The number of benzene rings is 2. The maximum atomic E-state index is 12.6. The van der Waals surface area contributed by atoms with Crippen molar-refractivity contribution >= 4 is 28.3 Å². The van der Waals surface area contributed by atoms with Gasteiger partial charge in [0.1, 0.15) is 11.5 Å². The Hall–Kier alpha value is -3.39. The fourth-order valence-electron chi connectivity index (χ4n) is 3.48. The molecular formula is C23H23N3O4S. The van der Waals surface area contributed by atoms with E-state index in [-0.39, 0.29) is 17.9 Å². The summed E-state index contributed by atoms with van der Waals surface area (Å²) >= 11 is 1.36. The molecule has 0 spiro atoms. The molecular weight excluding hydrogens is 414 g/mol. The number of aromatic nitrogens is 1. The van der Waals surface area contributed by atoms with E-state index in [0.29, 0.717) is 29.7 Å². The molecule has 2 heterocycles. The van der Waals surface area contributed by atoms with Gasteiger partial charge in [-0.2, -0.15) is 0 Å². The third-order valence-corrected chi connectivity index (χ3v) is 5.61. The first-order valence-corrected chi connectivity index (χ1v) is 11.0. The van der Waals surface area contributed by atoms with E-state index >= 15 is 0 Å².